The zero-order chi connectivity index (χ0) is 73.8. The molecule has 40 heteroatoms. The van der Waals surface area contributed by atoms with Gasteiger partial charge in [-0.15, -0.1) is 0 Å². The third-order valence-corrected chi connectivity index (χ3v) is 1260. The molecule has 7 aliphatic rings. The summed E-state index contributed by atoms with van der Waals surface area (Å²) in [5, 5.41) is 35.5. The summed E-state index contributed by atoms with van der Waals surface area (Å²) in [5.41, 5.74) is 10.0. The molecule has 0 aliphatic carbocycles. The second-order valence-electron chi connectivity index (χ2n) is 20.6. The number of piperidine rings is 6. The van der Waals surface area contributed by atoms with Crippen LogP contribution in [0.5, 0.6) is 0 Å². The number of nitrogens with two attached hydrogens (primary N) is 1. The van der Waals surface area contributed by atoms with Gasteiger partial charge in [-0.3, -0.25) is 9.69 Å². The molecule has 7 aliphatic heterocycles. The number of hydrogen-bond acceptors (Lipinski definition) is 11. The summed E-state index contributed by atoms with van der Waals surface area (Å²) in [6.07, 6.45) is 7.25. The summed E-state index contributed by atoms with van der Waals surface area (Å²) >= 11 is 58.2. The van der Waals surface area contributed by atoms with E-state index in [2.05, 4.69) is 278 Å². The van der Waals surface area contributed by atoms with Crippen LogP contribution in [0.25, 0.3) is 0 Å². The van der Waals surface area contributed by atoms with Crippen LogP contribution in [0, 0.1) is 11.8 Å². The summed E-state index contributed by atoms with van der Waals surface area (Å²) in [5.74, 6) is -0.872. The Morgan fingerprint density at radius 1 is 0.520 bits per heavy atom. The molecule has 0 amide bonds. The molecular formula is C60H69BrCl3I23N5O8-. The Labute approximate surface area is 782 Å². The van der Waals surface area contributed by atoms with Crippen molar-refractivity contribution in [3.8, 4) is 0 Å². The number of carboxylic acid groups (broad SMARTS) is 2. The normalized spacial score (nSPS) is 20.3. The molecular weight excluding hydrogens is 4020 g/mol. The maximum Gasteiger partial charge on any atom is 0.333 e. The van der Waals surface area contributed by atoms with E-state index in [-0.39, 0.29) is 89.2 Å². The minimum Gasteiger partial charge on any atom is -0.480 e. The molecule has 0 spiro atoms. The summed E-state index contributed by atoms with van der Waals surface area (Å²) in [6.45, 7) is 8.50. The number of nitrogens with zero attached hydrogens (tertiary/aromatic N) is 2. The quantitative estimate of drug-likeness (QED) is 0.0195. The van der Waals surface area contributed by atoms with Gasteiger partial charge in [-0.2, -0.15) is 0 Å². The van der Waals surface area contributed by atoms with Crippen LogP contribution < -0.4 is 29.6 Å². The van der Waals surface area contributed by atoms with Crippen LogP contribution in [-0.2, 0) is 23.9 Å². The van der Waals surface area contributed by atoms with Gasteiger partial charge in [0.05, 0.1) is 6.10 Å². The number of nitrogen functional groups attached to an aromatic ring is 1. The van der Waals surface area contributed by atoms with Gasteiger partial charge in [0.1, 0.15) is 10.9 Å². The predicted octanol–water partition coefficient (Wildman–Crippen LogP) is 29.2. The van der Waals surface area contributed by atoms with Gasteiger partial charge in [-0.05, 0) is 166 Å². The van der Waals surface area contributed by atoms with Gasteiger partial charge in [0.25, 0.3) is 0 Å². The molecule has 13 rings (SSSR count). The van der Waals surface area contributed by atoms with Crippen LogP contribution in [0.15, 0.2) is 164 Å². The number of nitrogens with one attached hydrogen (secondary N) is 2. The van der Waals surface area contributed by atoms with Gasteiger partial charge >= 0.3 is 344 Å². The Morgan fingerprint density at radius 2 is 0.890 bits per heavy atom. The van der Waals surface area contributed by atoms with Crippen LogP contribution in [0.2, 0.25) is 15.1 Å². The molecule has 0 radical (unpaired) electrons. The SMILES string of the molecule is C1CCOC1.II(I)I(I)I(I)I(I)I(I)I.I[I-]I(I)I(I)I(I)I(I)I.Nc1ccc(Cl)cc1.O=C(O)C(Br)c1ccccc1.O=C(O)C(Nc1ccc(Cl)cc1)c1ccccc1.O=C(O[C@H]1CN2CCC1CC2)C(Nc1ccc(Cl)cc1)c1ccccc1.O[C@H]1CN2CCC1CC2. The van der Waals surface area contributed by atoms with Gasteiger partial charge in [0, 0.05) is 58.4 Å². The number of aliphatic hydroxyl groups is 1. The number of fused-ring (bicyclic) bond motifs is 6. The van der Waals surface area contributed by atoms with Crippen molar-refractivity contribution in [3.05, 3.63) is 196 Å². The number of ether oxygens (including phenoxy) is 2. The number of rotatable bonds is 19. The second kappa shape index (κ2) is 60.6. The molecule has 13 nitrogen and oxygen atoms in total. The number of halogens is 27. The van der Waals surface area contributed by atoms with Gasteiger partial charge in [0.2, 0.25) is 0 Å². The maximum absolute atomic E-state index is 13.0. The zero-order valence-corrected chi connectivity index (χ0v) is 105. The molecule has 0 aromatic heterocycles. The number of aliphatic hydroxyl groups excluding tert-OH is 1. The number of hydrogen-bond donors (Lipinski definition) is 6. The van der Waals surface area contributed by atoms with Crippen molar-refractivity contribution in [2.24, 2.45) is 11.8 Å². The third kappa shape index (κ3) is 43.1. The summed E-state index contributed by atoms with van der Waals surface area (Å²) < 4.78 is 10.9. The maximum atomic E-state index is 13.0. The number of carboxylic acids is 2. The Hall–Kier alpha value is 11.1. The van der Waals surface area contributed by atoms with E-state index in [4.69, 9.17) is 55.1 Å². The fraction of sp³-hybridized carbons (Fsp3) is 0.350. The van der Waals surface area contributed by atoms with Crippen molar-refractivity contribution in [1.82, 2.24) is 9.80 Å². The first-order chi connectivity index (χ1) is 47.6. The number of carbonyl (C=O) groups is 3. The van der Waals surface area contributed by atoms with Crippen molar-refractivity contribution in [2.45, 2.75) is 67.6 Å². The van der Waals surface area contributed by atoms with E-state index in [1.54, 1.807) is 72.8 Å². The van der Waals surface area contributed by atoms with Gasteiger partial charge < -0.3 is 46.1 Å². The van der Waals surface area contributed by atoms with Crippen molar-refractivity contribution in [1.29, 1.82) is 0 Å². The molecule has 572 valence electrons. The van der Waals surface area contributed by atoms with E-state index in [1.165, 1.54) is 38.8 Å². The van der Waals surface area contributed by atoms with Gasteiger partial charge in [0.15, 0.2) is 12.1 Å². The van der Waals surface area contributed by atoms with Gasteiger partial charge in [-0.1, -0.05) is 142 Å². The largest absolute Gasteiger partial charge is 0.480 e. The molecule has 7 heterocycles. The average Bonchev–Trinajstić information content (AvgIpc) is 0.829. The summed E-state index contributed by atoms with van der Waals surface area (Å²) in [7, 11) is -2.87. The van der Waals surface area contributed by atoms with E-state index < -0.39 is 28.8 Å². The predicted molar refractivity (Wildman–Crippen MR) is 620 cm³/mol. The topological polar surface area (TPSA) is 187 Å². The number of esters is 1. The van der Waals surface area contributed by atoms with Crippen LogP contribution in [-0.4, -0.2) is 108 Å². The van der Waals surface area contributed by atoms with Crippen LogP contribution >= 0.6 is 364 Å². The summed E-state index contributed by atoms with van der Waals surface area (Å²) in [6, 6.07) is 47.8. The number of carbonyl (C=O) groups excluding carboxylic acids is 1. The molecule has 7 saturated heterocycles. The van der Waals surface area contributed by atoms with Gasteiger partial charge in [-0.25, -0.2) is 9.59 Å². The van der Waals surface area contributed by atoms with Crippen molar-refractivity contribution < 1.29 is 52.4 Å². The van der Waals surface area contributed by atoms with Crippen LogP contribution in [0.4, 0.5) is 17.1 Å². The minimum absolute atomic E-state index is 0.00299. The third-order valence-electron chi connectivity index (χ3n) is 14.2. The molecule has 3 unspecified atom stereocenters. The Balaban J connectivity index is 0.000000254. The Kier molecular flexibility index (Phi) is 62.7. The summed E-state index contributed by atoms with van der Waals surface area (Å²) in [4.78, 5) is 38.9. The minimum atomic E-state index is -0.920. The second-order valence-corrected chi connectivity index (χ2v) is 478. The molecule has 5 atom stereocenters. The fourth-order valence-electron chi connectivity index (χ4n) is 9.39. The smallest absolute Gasteiger partial charge is 0.333 e. The molecule has 7 N–H and O–H groups in total. The van der Waals surface area contributed by atoms with E-state index in [9.17, 15) is 24.6 Å². The number of aliphatic carboxylic acids is 2. The molecule has 7 fully saturated rings. The van der Waals surface area contributed by atoms with Crippen LogP contribution in [0.3, 0.4) is 0 Å². The first-order valence-electron chi connectivity index (χ1n) is 28.9. The van der Waals surface area contributed by atoms with Crippen molar-refractivity contribution in [3.63, 3.8) is 0 Å². The molecule has 100 heavy (non-hydrogen) atoms. The number of alkyl halides is 1. The first-order valence-corrected chi connectivity index (χ1v) is 163. The fourth-order valence-corrected chi connectivity index (χ4v) is 2320. The Morgan fingerprint density at radius 3 is 1.20 bits per heavy atom. The molecule has 6 aromatic carbocycles. The zero-order valence-electron chi connectivity index (χ0n) is 51.6. The van der Waals surface area contributed by atoms with Crippen molar-refractivity contribution in [2.75, 3.05) is 68.8 Å². The van der Waals surface area contributed by atoms with Crippen LogP contribution in [0.1, 0.15) is 72.1 Å². The molecule has 0 saturated carbocycles. The van der Waals surface area contributed by atoms with E-state index in [0.717, 1.165) is 85.4 Å². The van der Waals surface area contributed by atoms with E-state index >= 15 is 0 Å². The standard InChI is InChI=1S/C21H23ClN2O2.C14H12ClNO2.C8H7BrO2.C7H13NO.C6H6ClN.C4H8O.I12.I11/c22-17-6-8-18(9-7-17)23-20(16-4-2-1-3-5-16)21(25)26-19-14-24-12-10-15(19)11-13-24;15-11-6-8-12(9-7-11)16-13(14(17)18)10-4-2-1-3-5-10;9-7(8(10)11)6-4-2-1-3-5-6;9-7-5-8-3-1-6(7)2-4-8;7-5-1-3-6(8)4-2-5;1-2-4-5-3-1;1-8(2)10(5)12(7)11(6)9(3)4;1-7-9(4)11(6)10(5)8(2)3/h1-9,15,19-20,23H,10-14H2;1-9,13,16H,(H,17,18);1-5,7H,(H,10,11);6-7,9H,1-5H2;1-4H,8H2;1-4H2;;/q;;;;;;;-1/t19-,20?;;;7-;;;;/m0..0..../s1. The Bertz CT molecular complexity index is 3180. The number of anilines is 3. The first kappa shape index (κ1) is 103. The number of benzene rings is 6. The van der Waals surface area contributed by atoms with E-state index in [0.29, 0.717) is 40.7 Å². The monoisotopic (exact) mass is 4090 g/mol. The molecule has 4 bridgehead atoms. The average molecular weight is 4090 g/mol. The van der Waals surface area contributed by atoms with Crippen molar-refractivity contribution >= 4 is 399 Å². The van der Waals surface area contributed by atoms with E-state index in [1.807, 2.05) is 91.0 Å². The molecule has 6 aromatic rings.